The van der Waals surface area contributed by atoms with Crippen molar-refractivity contribution in [2.24, 2.45) is 0 Å². The fraction of sp³-hybridized carbons (Fsp3) is 0.188. The van der Waals surface area contributed by atoms with Gasteiger partial charge in [-0.05, 0) is 60.8 Å². The van der Waals surface area contributed by atoms with E-state index in [0.717, 1.165) is 16.1 Å². The molecule has 3 N–H and O–H groups in total. The lowest BCUT2D eigenvalue weighted by Crippen LogP contribution is -2.14. The van der Waals surface area contributed by atoms with Crippen molar-refractivity contribution < 1.29 is 4.79 Å². The van der Waals surface area contributed by atoms with Crippen LogP contribution in [0.2, 0.25) is 0 Å². The third-order valence-corrected chi connectivity index (χ3v) is 4.90. The number of benzene rings is 1. The van der Waals surface area contributed by atoms with Gasteiger partial charge in [-0.15, -0.1) is 16.4 Å². The maximum Gasteiger partial charge on any atom is 0.240 e. The molecule has 2 aromatic heterocycles. The summed E-state index contributed by atoms with van der Waals surface area (Å²) in [5, 5.41) is 7.00. The van der Waals surface area contributed by atoms with Crippen molar-refractivity contribution in [3.63, 3.8) is 0 Å². The number of rotatable bonds is 5. The lowest BCUT2D eigenvalue weighted by molar-refractivity contribution is 0.0967. The summed E-state index contributed by atoms with van der Waals surface area (Å²) in [7, 11) is 0. The Labute approximate surface area is 148 Å². The topological polar surface area (TPSA) is 77.9 Å². The number of carbonyl (C=O) groups is 1. The molecule has 0 aliphatic carbocycles. The van der Waals surface area contributed by atoms with E-state index in [0.29, 0.717) is 10.3 Å². The summed E-state index contributed by atoms with van der Waals surface area (Å²) in [6.07, 6.45) is 0. The summed E-state index contributed by atoms with van der Waals surface area (Å²) in [6, 6.07) is 9.46. The number of hydrogen-bond donors (Lipinski definition) is 2. The van der Waals surface area contributed by atoms with Crippen LogP contribution in [0.25, 0.3) is 0 Å². The first-order chi connectivity index (χ1) is 11.5. The number of aryl methyl sites for hydroxylation is 2. The van der Waals surface area contributed by atoms with Crippen molar-refractivity contribution >= 4 is 40.3 Å². The molecule has 24 heavy (non-hydrogen) atoms. The van der Waals surface area contributed by atoms with E-state index in [1.165, 1.54) is 20.7 Å². The summed E-state index contributed by atoms with van der Waals surface area (Å²) < 4.78 is 3.27. The number of aromatic nitrogens is 3. The van der Waals surface area contributed by atoms with E-state index in [-0.39, 0.29) is 18.3 Å². The number of carbonyl (C=O) groups excluding carboxylic acids is 1. The molecule has 0 unspecified atom stereocenters. The van der Waals surface area contributed by atoms with Crippen LogP contribution >= 0.6 is 23.6 Å². The zero-order chi connectivity index (χ0) is 17.3. The smallest absolute Gasteiger partial charge is 0.240 e. The van der Waals surface area contributed by atoms with Crippen molar-refractivity contribution in [3.05, 3.63) is 57.2 Å². The van der Waals surface area contributed by atoms with Gasteiger partial charge in [0.25, 0.3) is 0 Å². The van der Waals surface area contributed by atoms with Crippen LogP contribution in [0.3, 0.4) is 0 Å². The molecule has 6 nitrogen and oxygen atoms in total. The van der Waals surface area contributed by atoms with Crippen molar-refractivity contribution in [1.82, 2.24) is 14.5 Å². The largest absolute Gasteiger partial charge is 0.366 e. The summed E-state index contributed by atoms with van der Waals surface area (Å²) >= 11 is 6.89. The normalized spacial score (nSPS) is 10.8. The second-order valence-corrected chi connectivity index (χ2v) is 6.76. The minimum atomic E-state index is -0.0602. The Balaban J connectivity index is 1.84. The minimum absolute atomic E-state index is 0.0463. The second kappa shape index (κ2) is 6.58. The van der Waals surface area contributed by atoms with Gasteiger partial charge < -0.3 is 5.73 Å². The van der Waals surface area contributed by atoms with Crippen LogP contribution in [0.15, 0.2) is 35.7 Å². The Kier molecular flexibility index (Phi) is 4.50. The molecule has 0 aliphatic rings. The van der Waals surface area contributed by atoms with Crippen LogP contribution in [0.4, 0.5) is 10.9 Å². The molecule has 0 saturated carbocycles. The summed E-state index contributed by atoms with van der Waals surface area (Å²) in [5.74, 6) is 0.149. The van der Waals surface area contributed by atoms with Crippen molar-refractivity contribution in [2.45, 2.75) is 20.4 Å². The van der Waals surface area contributed by atoms with Gasteiger partial charge in [-0.3, -0.25) is 10.2 Å². The van der Waals surface area contributed by atoms with Crippen LogP contribution in [-0.2, 0) is 6.54 Å². The molecule has 0 fully saturated rings. The van der Waals surface area contributed by atoms with E-state index in [1.54, 1.807) is 0 Å². The lowest BCUT2D eigenvalue weighted by Gasteiger charge is -2.05. The van der Waals surface area contributed by atoms with Crippen LogP contribution in [0.1, 0.15) is 21.5 Å². The third-order valence-electron chi connectivity index (χ3n) is 3.73. The SMILES string of the molecule is Cc1ccc(C(=O)Cn2nc(N)n(Nc3cccs3)c2=S)cc1C. The molecule has 0 bridgehead atoms. The van der Waals surface area contributed by atoms with E-state index in [2.05, 4.69) is 10.5 Å². The molecule has 8 heteroatoms. The Hall–Kier alpha value is -2.45. The predicted octanol–water partition coefficient (Wildman–Crippen LogP) is 3.43. The van der Waals surface area contributed by atoms with Gasteiger partial charge >= 0.3 is 0 Å². The highest BCUT2D eigenvalue weighted by Gasteiger charge is 2.13. The standard InChI is InChI=1S/C16H17N5OS2/c1-10-5-6-12(8-11(10)2)13(22)9-20-16(23)21(15(17)19-20)18-14-4-3-7-24-14/h3-8,18H,9H2,1-2H3,(H2,17,19). The summed E-state index contributed by atoms with van der Waals surface area (Å²) in [4.78, 5) is 12.5. The van der Waals surface area contributed by atoms with Gasteiger partial charge in [0.2, 0.25) is 10.7 Å². The molecule has 0 spiro atoms. The number of hydrogen-bond acceptors (Lipinski definition) is 6. The minimum Gasteiger partial charge on any atom is -0.366 e. The Morgan fingerprint density at radius 1 is 1.33 bits per heavy atom. The fourth-order valence-corrected chi connectivity index (χ4v) is 3.08. The van der Waals surface area contributed by atoms with Crippen molar-refractivity contribution in [1.29, 1.82) is 0 Å². The number of thiophene rings is 1. The number of nitrogens with zero attached hydrogens (tertiary/aromatic N) is 3. The highest BCUT2D eigenvalue weighted by molar-refractivity contribution is 7.71. The van der Waals surface area contributed by atoms with Crippen LogP contribution < -0.4 is 11.2 Å². The second-order valence-electron chi connectivity index (χ2n) is 5.45. The van der Waals surface area contributed by atoms with Crippen molar-refractivity contribution in [3.8, 4) is 0 Å². The molecule has 0 saturated heterocycles. The average molecular weight is 359 g/mol. The Morgan fingerprint density at radius 2 is 2.12 bits per heavy atom. The van der Waals surface area contributed by atoms with Gasteiger partial charge in [0.05, 0.1) is 0 Å². The molecule has 0 amide bonds. The number of ketones is 1. The molecule has 124 valence electrons. The van der Waals surface area contributed by atoms with E-state index in [1.807, 2.05) is 49.6 Å². The summed E-state index contributed by atoms with van der Waals surface area (Å²) in [6.45, 7) is 4.04. The zero-order valence-electron chi connectivity index (χ0n) is 13.3. The summed E-state index contributed by atoms with van der Waals surface area (Å²) in [5.41, 5.74) is 11.9. The van der Waals surface area contributed by atoms with Crippen LogP contribution in [0, 0.1) is 18.6 Å². The van der Waals surface area contributed by atoms with Crippen molar-refractivity contribution in [2.75, 3.05) is 11.2 Å². The van der Waals surface area contributed by atoms with Gasteiger partial charge in [0.15, 0.2) is 5.78 Å². The number of Topliss-reactive ketones (excluding diaryl/α,β-unsaturated/α-hetero) is 1. The lowest BCUT2D eigenvalue weighted by atomic mass is 10.0. The molecule has 3 rings (SSSR count). The highest BCUT2D eigenvalue weighted by Crippen LogP contribution is 2.17. The first-order valence-electron chi connectivity index (χ1n) is 7.32. The number of nitrogens with one attached hydrogen (secondary N) is 1. The molecule has 0 radical (unpaired) electrons. The van der Waals surface area contributed by atoms with Gasteiger partial charge in [0, 0.05) is 5.56 Å². The van der Waals surface area contributed by atoms with Gasteiger partial charge in [0.1, 0.15) is 11.5 Å². The Bertz CT molecular complexity index is 940. The van der Waals surface area contributed by atoms with E-state index >= 15 is 0 Å². The quantitative estimate of drug-likeness (QED) is 0.539. The van der Waals surface area contributed by atoms with E-state index in [4.69, 9.17) is 18.0 Å². The monoisotopic (exact) mass is 359 g/mol. The fourth-order valence-electron chi connectivity index (χ4n) is 2.23. The van der Waals surface area contributed by atoms with Gasteiger partial charge in [-0.2, -0.15) is 4.68 Å². The molecule has 1 aromatic carbocycles. The van der Waals surface area contributed by atoms with Gasteiger partial charge in [-0.25, -0.2) is 4.68 Å². The number of nitrogens with two attached hydrogens (primary N) is 1. The predicted molar refractivity (Wildman–Crippen MR) is 99.0 cm³/mol. The maximum atomic E-state index is 12.5. The molecule has 3 aromatic rings. The molecular weight excluding hydrogens is 342 g/mol. The van der Waals surface area contributed by atoms with Crippen LogP contribution in [-0.4, -0.2) is 20.2 Å². The van der Waals surface area contributed by atoms with Gasteiger partial charge in [-0.1, -0.05) is 12.1 Å². The van der Waals surface area contributed by atoms with E-state index < -0.39 is 0 Å². The average Bonchev–Trinajstić information content (AvgIpc) is 3.14. The first-order valence-corrected chi connectivity index (χ1v) is 8.61. The number of anilines is 2. The van der Waals surface area contributed by atoms with Crippen LogP contribution in [0.5, 0.6) is 0 Å². The van der Waals surface area contributed by atoms with E-state index in [9.17, 15) is 4.79 Å². The Morgan fingerprint density at radius 3 is 2.79 bits per heavy atom. The molecule has 0 aliphatic heterocycles. The first kappa shape index (κ1) is 16.4. The maximum absolute atomic E-state index is 12.5. The zero-order valence-corrected chi connectivity index (χ0v) is 14.9. The molecule has 0 atom stereocenters. The number of nitrogen functional groups attached to an aromatic ring is 1. The highest BCUT2D eigenvalue weighted by atomic mass is 32.1. The molecule has 2 heterocycles. The molecular formula is C16H17N5OS2. The third kappa shape index (κ3) is 3.24.